The first-order valence-electron chi connectivity index (χ1n) is 6.01. The number of hydrogen-bond acceptors (Lipinski definition) is 3. The van der Waals surface area contributed by atoms with Gasteiger partial charge in [0.15, 0.2) is 0 Å². The Morgan fingerprint density at radius 1 is 1.42 bits per heavy atom. The van der Waals surface area contributed by atoms with Crippen LogP contribution in [0.15, 0.2) is 18.2 Å². The van der Waals surface area contributed by atoms with Gasteiger partial charge in [-0.15, -0.1) is 0 Å². The molecule has 0 aliphatic heterocycles. The zero-order chi connectivity index (χ0) is 14.0. The van der Waals surface area contributed by atoms with Crippen LogP contribution in [-0.4, -0.2) is 22.5 Å². The molecule has 19 heavy (non-hydrogen) atoms. The van der Waals surface area contributed by atoms with Crippen LogP contribution >= 0.6 is 11.6 Å². The lowest BCUT2D eigenvalue weighted by Crippen LogP contribution is -2.49. The Hall–Kier alpha value is -1.59. The Kier molecular flexibility index (Phi) is 3.78. The summed E-state index contributed by atoms with van der Waals surface area (Å²) in [6.45, 7) is 0. The highest BCUT2D eigenvalue weighted by Crippen LogP contribution is 2.32. The predicted octanol–water partition coefficient (Wildman–Crippen LogP) is 2.25. The smallest absolute Gasteiger partial charge is 0.337 e. The molecule has 4 N–H and O–H groups in total. The molecule has 1 aliphatic rings. The predicted molar refractivity (Wildman–Crippen MR) is 72.4 cm³/mol. The fourth-order valence-corrected chi connectivity index (χ4v) is 2.30. The van der Waals surface area contributed by atoms with Gasteiger partial charge in [-0.1, -0.05) is 11.6 Å². The summed E-state index contributed by atoms with van der Waals surface area (Å²) in [7, 11) is 0. The highest BCUT2D eigenvalue weighted by atomic mass is 35.5. The Bertz CT molecular complexity index is 527. The summed E-state index contributed by atoms with van der Waals surface area (Å²) in [6, 6.07) is 4.26. The topological polar surface area (TPSA) is 92.4 Å². The molecule has 0 aromatic heterocycles. The van der Waals surface area contributed by atoms with Gasteiger partial charge in [0.2, 0.25) is 5.91 Å². The second-order valence-electron chi connectivity index (χ2n) is 4.94. The molecule has 0 unspecified atom stereocenters. The molecule has 102 valence electrons. The summed E-state index contributed by atoms with van der Waals surface area (Å²) in [6.07, 6.45) is 2.86. The molecule has 1 aromatic rings. The molecule has 0 saturated heterocycles. The summed E-state index contributed by atoms with van der Waals surface area (Å²) in [4.78, 5) is 22.9. The van der Waals surface area contributed by atoms with Crippen molar-refractivity contribution in [2.45, 2.75) is 31.2 Å². The summed E-state index contributed by atoms with van der Waals surface area (Å²) in [5, 5.41) is 12.0. The molecule has 0 spiro atoms. The van der Waals surface area contributed by atoms with Crippen LogP contribution in [0.2, 0.25) is 5.02 Å². The number of hydrogen-bond donors (Lipinski definition) is 3. The number of nitrogens with two attached hydrogens (primary N) is 1. The van der Waals surface area contributed by atoms with Gasteiger partial charge < -0.3 is 16.2 Å². The van der Waals surface area contributed by atoms with Gasteiger partial charge in [-0.25, -0.2) is 4.79 Å². The van der Waals surface area contributed by atoms with Crippen LogP contribution in [0, 0.1) is 0 Å². The van der Waals surface area contributed by atoms with Crippen molar-refractivity contribution in [1.29, 1.82) is 0 Å². The van der Waals surface area contributed by atoms with Crippen LogP contribution < -0.4 is 11.1 Å². The van der Waals surface area contributed by atoms with Crippen LogP contribution in [-0.2, 0) is 4.79 Å². The largest absolute Gasteiger partial charge is 0.478 e. The Balaban J connectivity index is 2.11. The standard InChI is InChI=1S/C13H15ClN2O3/c14-8-2-3-9(12(18)19)10(6-8)16-11(17)7-13(15)4-1-5-13/h2-3,6H,1,4-5,7,15H2,(H,16,17)(H,18,19). The molecule has 0 radical (unpaired) electrons. The number of anilines is 1. The third-order valence-electron chi connectivity index (χ3n) is 3.35. The molecular formula is C13H15ClN2O3. The Morgan fingerprint density at radius 2 is 2.11 bits per heavy atom. The number of carbonyl (C=O) groups excluding carboxylic acids is 1. The first kappa shape index (κ1) is 13.8. The lowest BCUT2D eigenvalue weighted by Gasteiger charge is -2.37. The molecule has 1 saturated carbocycles. The molecule has 6 heteroatoms. The van der Waals surface area contributed by atoms with E-state index in [1.165, 1.54) is 18.2 Å². The number of amides is 1. The van der Waals surface area contributed by atoms with E-state index in [1.807, 2.05) is 0 Å². The lowest BCUT2D eigenvalue weighted by molar-refractivity contribution is -0.118. The maximum Gasteiger partial charge on any atom is 0.337 e. The number of nitrogens with one attached hydrogen (secondary N) is 1. The quantitative estimate of drug-likeness (QED) is 0.790. The maximum absolute atomic E-state index is 11.9. The van der Waals surface area contributed by atoms with Gasteiger partial charge in [0.25, 0.3) is 0 Å². The third kappa shape index (κ3) is 3.24. The summed E-state index contributed by atoms with van der Waals surface area (Å²) < 4.78 is 0. The normalized spacial score (nSPS) is 16.5. The van der Waals surface area contributed by atoms with E-state index in [9.17, 15) is 9.59 Å². The van der Waals surface area contributed by atoms with Crippen LogP contribution in [0.4, 0.5) is 5.69 Å². The summed E-state index contributed by atoms with van der Waals surface area (Å²) in [5.74, 6) is -1.40. The first-order valence-corrected chi connectivity index (χ1v) is 6.39. The van der Waals surface area contributed by atoms with Gasteiger partial charge >= 0.3 is 5.97 Å². The highest BCUT2D eigenvalue weighted by molar-refractivity contribution is 6.31. The van der Waals surface area contributed by atoms with E-state index in [0.717, 1.165) is 19.3 Å². The average molecular weight is 283 g/mol. The fraction of sp³-hybridized carbons (Fsp3) is 0.385. The third-order valence-corrected chi connectivity index (χ3v) is 3.58. The van der Waals surface area contributed by atoms with Crippen molar-refractivity contribution in [2.24, 2.45) is 5.73 Å². The molecule has 0 atom stereocenters. The molecule has 1 fully saturated rings. The second-order valence-corrected chi connectivity index (χ2v) is 5.37. The number of carboxylic acid groups (broad SMARTS) is 1. The van der Waals surface area contributed by atoms with E-state index in [-0.39, 0.29) is 23.6 Å². The number of benzene rings is 1. The van der Waals surface area contributed by atoms with Gasteiger partial charge in [-0.2, -0.15) is 0 Å². The fourth-order valence-electron chi connectivity index (χ4n) is 2.13. The van der Waals surface area contributed by atoms with Gasteiger partial charge in [0, 0.05) is 17.0 Å². The average Bonchev–Trinajstić information content (AvgIpc) is 2.26. The lowest BCUT2D eigenvalue weighted by atomic mass is 9.75. The highest BCUT2D eigenvalue weighted by Gasteiger charge is 2.34. The number of carbonyl (C=O) groups is 2. The van der Waals surface area contributed by atoms with Crippen molar-refractivity contribution in [3.8, 4) is 0 Å². The first-order chi connectivity index (χ1) is 8.89. The Morgan fingerprint density at radius 3 is 2.63 bits per heavy atom. The van der Waals surface area contributed by atoms with E-state index in [0.29, 0.717) is 5.02 Å². The van der Waals surface area contributed by atoms with E-state index < -0.39 is 11.5 Å². The maximum atomic E-state index is 11.9. The van der Waals surface area contributed by atoms with Crippen molar-refractivity contribution in [1.82, 2.24) is 0 Å². The van der Waals surface area contributed by atoms with E-state index in [4.69, 9.17) is 22.4 Å². The number of aromatic carboxylic acids is 1. The monoisotopic (exact) mass is 282 g/mol. The molecule has 1 amide bonds. The summed E-state index contributed by atoms with van der Waals surface area (Å²) >= 11 is 5.81. The molecule has 5 nitrogen and oxygen atoms in total. The Labute approximate surface area is 115 Å². The van der Waals surface area contributed by atoms with Crippen LogP contribution in [0.1, 0.15) is 36.0 Å². The van der Waals surface area contributed by atoms with Crippen molar-refractivity contribution < 1.29 is 14.7 Å². The number of carboxylic acids is 1. The minimum atomic E-state index is -1.11. The van der Waals surface area contributed by atoms with Gasteiger partial charge in [0.1, 0.15) is 0 Å². The van der Waals surface area contributed by atoms with E-state index in [1.54, 1.807) is 0 Å². The van der Waals surface area contributed by atoms with Crippen molar-refractivity contribution in [3.05, 3.63) is 28.8 Å². The molecule has 2 rings (SSSR count). The van der Waals surface area contributed by atoms with Gasteiger partial charge in [-0.05, 0) is 37.5 Å². The van der Waals surface area contributed by atoms with E-state index in [2.05, 4.69) is 5.32 Å². The second kappa shape index (κ2) is 5.19. The zero-order valence-electron chi connectivity index (χ0n) is 10.3. The summed E-state index contributed by atoms with van der Waals surface area (Å²) in [5.41, 5.74) is 5.76. The number of rotatable bonds is 4. The van der Waals surface area contributed by atoms with Crippen LogP contribution in [0.5, 0.6) is 0 Å². The van der Waals surface area contributed by atoms with Crippen LogP contribution in [0.3, 0.4) is 0 Å². The van der Waals surface area contributed by atoms with Crippen molar-refractivity contribution >= 4 is 29.2 Å². The van der Waals surface area contributed by atoms with Crippen molar-refractivity contribution in [3.63, 3.8) is 0 Å². The van der Waals surface area contributed by atoms with Crippen molar-refractivity contribution in [2.75, 3.05) is 5.32 Å². The van der Waals surface area contributed by atoms with Gasteiger partial charge in [-0.3, -0.25) is 4.79 Å². The molecule has 0 bridgehead atoms. The minimum absolute atomic E-state index is 0.0115. The van der Waals surface area contributed by atoms with Crippen LogP contribution in [0.25, 0.3) is 0 Å². The molecular weight excluding hydrogens is 268 g/mol. The number of halogens is 1. The minimum Gasteiger partial charge on any atom is -0.478 e. The molecule has 1 aliphatic carbocycles. The van der Waals surface area contributed by atoms with Gasteiger partial charge in [0.05, 0.1) is 11.3 Å². The SMILES string of the molecule is NC1(CC(=O)Nc2cc(Cl)ccc2C(=O)O)CCC1. The molecule has 1 aromatic carbocycles. The van der Waals surface area contributed by atoms with E-state index >= 15 is 0 Å². The molecule has 0 heterocycles. The zero-order valence-corrected chi connectivity index (χ0v) is 11.0.